The predicted molar refractivity (Wildman–Crippen MR) is 38.1 cm³/mol. The van der Waals surface area contributed by atoms with Crippen LogP contribution in [0.1, 0.15) is 10.5 Å². The summed E-state index contributed by atoms with van der Waals surface area (Å²) in [7, 11) is 0. The normalized spacial score (nSPS) is 10.2. The van der Waals surface area contributed by atoms with E-state index in [9.17, 15) is 4.79 Å². The summed E-state index contributed by atoms with van der Waals surface area (Å²) in [5, 5.41) is 8.25. The maximum atomic E-state index is 10.9. The number of ketones is 1. The van der Waals surface area contributed by atoms with Crippen LogP contribution in [-0.4, -0.2) is 20.9 Å². The van der Waals surface area contributed by atoms with Crippen LogP contribution < -0.4 is 0 Å². The third kappa shape index (κ3) is 1.86. The summed E-state index contributed by atoms with van der Waals surface area (Å²) >= 11 is 0. The lowest BCUT2D eigenvalue weighted by Crippen LogP contribution is -1.97. The maximum Gasteiger partial charge on any atom is 0.208 e. The summed E-state index contributed by atoms with van der Waals surface area (Å²) in [6.07, 6.45) is 5.92. The van der Waals surface area contributed by atoms with Gasteiger partial charge in [-0.05, 0) is 0 Å². The lowest BCUT2D eigenvalue weighted by atomic mass is 10.3. The second-order valence-electron chi connectivity index (χ2n) is 1.77. The third-order valence-corrected chi connectivity index (χ3v) is 1.04. The lowest BCUT2D eigenvalue weighted by Gasteiger charge is -1.89. The zero-order chi connectivity index (χ0) is 8.10. The first kappa shape index (κ1) is 7.40. The molecule has 4 nitrogen and oxygen atoms in total. The van der Waals surface area contributed by atoms with Gasteiger partial charge in [-0.3, -0.25) is 9.78 Å². The third-order valence-electron chi connectivity index (χ3n) is 1.04. The van der Waals surface area contributed by atoms with Gasteiger partial charge in [-0.2, -0.15) is 0 Å². The van der Waals surface area contributed by atoms with Crippen LogP contribution in [0.3, 0.4) is 0 Å². The summed E-state index contributed by atoms with van der Waals surface area (Å²) in [5.74, 6) is -0.361. The Morgan fingerprint density at radius 2 is 2.36 bits per heavy atom. The van der Waals surface area contributed by atoms with Crippen molar-refractivity contribution in [3.05, 3.63) is 36.6 Å². The van der Waals surface area contributed by atoms with Crippen LogP contribution in [0.2, 0.25) is 0 Å². The van der Waals surface area contributed by atoms with Crippen LogP contribution in [0.25, 0.3) is 0 Å². The number of hydrogen-bond donors (Lipinski definition) is 1. The molecule has 0 spiro atoms. The molecule has 1 rings (SSSR count). The number of carbonyl (C=O) groups excluding carboxylic acids is 1. The first-order chi connectivity index (χ1) is 5.34. The van der Waals surface area contributed by atoms with Gasteiger partial charge in [0.1, 0.15) is 5.69 Å². The molecule has 0 amide bonds. The molecular formula is C7H6N2O2. The number of aliphatic hydroxyl groups excluding tert-OH is 1. The number of aliphatic hydroxyl groups is 1. The van der Waals surface area contributed by atoms with Crippen molar-refractivity contribution in [3.8, 4) is 0 Å². The summed E-state index contributed by atoms with van der Waals surface area (Å²) < 4.78 is 0. The molecule has 0 saturated carbocycles. The van der Waals surface area contributed by atoms with E-state index in [-0.39, 0.29) is 11.5 Å². The lowest BCUT2D eigenvalue weighted by molar-refractivity contribution is 0.104. The minimum Gasteiger partial charge on any atom is -0.515 e. The van der Waals surface area contributed by atoms with Gasteiger partial charge in [0.25, 0.3) is 0 Å². The number of aromatic nitrogens is 2. The van der Waals surface area contributed by atoms with E-state index in [1.165, 1.54) is 18.6 Å². The van der Waals surface area contributed by atoms with E-state index < -0.39 is 0 Å². The van der Waals surface area contributed by atoms with Crippen molar-refractivity contribution in [3.63, 3.8) is 0 Å². The van der Waals surface area contributed by atoms with Crippen molar-refractivity contribution in [2.24, 2.45) is 0 Å². The number of nitrogens with zero attached hydrogens (tertiary/aromatic N) is 2. The topological polar surface area (TPSA) is 63.1 Å². The minimum absolute atomic E-state index is 0.220. The molecule has 0 atom stereocenters. The Kier molecular flexibility index (Phi) is 2.32. The van der Waals surface area contributed by atoms with Crippen LogP contribution >= 0.6 is 0 Å². The number of carbonyl (C=O) groups is 1. The van der Waals surface area contributed by atoms with Crippen molar-refractivity contribution in [2.45, 2.75) is 0 Å². The number of hydrogen-bond acceptors (Lipinski definition) is 4. The Morgan fingerprint density at radius 1 is 1.55 bits per heavy atom. The Balaban J connectivity index is 2.86. The van der Waals surface area contributed by atoms with Crippen molar-refractivity contribution in [1.29, 1.82) is 0 Å². The molecule has 1 aromatic heterocycles. The van der Waals surface area contributed by atoms with Gasteiger partial charge < -0.3 is 5.11 Å². The average molecular weight is 150 g/mol. The summed E-state index contributed by atoms with van der Waals surface area (Å²) in [6, 6.07) is 0. The van der Waals surface area contributed by atoms with E-state index in [2.05, 4.69) is 9.97 Å². The van der Waals surface area contributed by atoms with Crippen LogP contribution in [-0.2, 0) is 0 Å². The standard InChI is InChI=1S/C7H6N2O2/c10-4-1-7(11)6-5-8-2-3-9-6/h1-5,10H. The van der Waals surface area contributed by atoms with Crippen molar-refractivity contribution in [1.82, 2.24) is 9.97 Å². The second kappa shape index (κ2) is 3.46. The first-order valence-corrected chi connectivity index (χ1v) is 2.95. The fourth-order valence-corrected chi connectivity index (χ4v) is 0.579. The number of rotatable bonds is 2. The fraction of sp³-hybridized carbons (Fsp3) is 0. The second-order valence-corrected chi connectivity index (χ2v) is 1.77. The molecule has 0 aliphatic rings. The smallest absolute Gasteiger partial charge is 0.208 e. The van der Waals surface area contributed by atoms with Crippen molar-refractivity contribution in [2.75, 3.05) is 0 Å². The Morgan fingerprint density at radius 3 is 2.91 bits per heavy atom. The van der Waals surface area contributed by atoms with Gasteiger partial charge in [0.05, 0.1) is 12.5 Å². The van der Waals surface area contributed by atoms with E-state index >= 15 is 0 Å². The van der Waals surface area contributed by atoms with Crippen LogP contribution in [0.15, 0.2) is 30.9 Å². The van der Waals surface area contributed by atoms with Gasteiger partial charge >= 0.3 is 0 Å². The highest BCUT2D eigenvalue weighted by Crippen LogP contribution is 1.92. The maximum absolute atomic E-state index is 10.9. The van der Waals surface area contributed by atoms with Gasteiger partial charge in [-0.1, -0.05) is 0 Å². The monoisotopic (exact) mass is 150 g/mol. The zero-order valence-electron chi connectivity index (χ0n) is 5.64. The summed E-state index contributed by atoms with van der Waals surface area (Å²) in [6.45, 7) is 0. The molecule has 0 unspecified atom stereocenters. The Bertz CT molecular complexity index is 269. The van der Waals surface area contributed by atoms with Gasteiger partial charge in [0.15, 0.2) is 0 Å². The molecule has 1 N–H and O–H groups in total. The highest BCUT2D eigenvalue weighted by Gasteiger charge is 2.00. The van der Waals surface area contributed by atoms with Crippen molar-refractivity contribution < 1.29 is 9.90 Å². The van der Waals surface area contributed by atoms with Gasteiger partial charge in [0, 0.05) is 18.5 Å². The van der Waals surface area contributed by atoms with E-state index in [0.717, 1.165) is 6.08 Å². The molecule has 0 aliphatic heterocycles. The highest BCUT2D eigenvalue weighted by atomic mass is 16.2. The van der Waals surface area contributed by atoms with Crippen LogP contribution in [0.5, 0.6) is 0 Å². The zero-order valence-corrected chi connectivity index (χ0v) is 5.64. The van der Waals surface area contributed by atoms with E-state index in [0.29, 0.717) is 6.26 Å². The SMILES string of the molecule is O=C(C=CO)c1cnccn1. The molecule has 0 bridgehead atoms. The predicted octanol–water partition coefficient (Wildman–Crippen LogP) is 0.731. The van der Waals surface area contributed by atoms with Crippen molar-refractivity contribution >= 4 is 5.78 Å². The molecule has 0 aliphatic carbocycles. The van der Waals surface area contributed by atoms with E-state index in [1.807, 2.05) is 0 Å². The van der Waals surface area contributed by atoms with Gasteiger partial charge in [-0.15, -0.1) is 0 Å². The fourth-order valence-electron chi connectivity index (χ4n) is 0.579. The largest absolute Gasteiger partial charge is 0.515 e. The average Bonchev–Trinajstić information content (AvgIpc) is 2.07. The highest BCUT2D eigenvalue weighted by molar-refractivity contribution is 6.02. The molecule has 0 radical (unpaired) electrons. The summed E-state index contributed by atoms with van der Waals surface area (Å²) in [4.78, 5) is 18.3. The minimum atomic E-state index is -0.361. The van der Waals surface area contributed by atoms with E-state index in [1.54, 1.807) is 0 Å². The molecule has 1 aromatic rings. The molecule has 11 heavy (non-hydrogen) atoms. The first-order valence-electron chi connectivity index (χ1n) is 2.95. The van der Waals surface area contributed by atoms with Crippen LogP contribution in [0.4, 0.5) is 0 Å². The van der Waals surface area contributed by atoms with Gasteiger partial charge in [-0.25, -0.2) is 4.98 Å². The van der Waals surface area contributed by atoms with Gasteiger partial charge in [0.2, 0.25) is 5.78 Å². The molecule has 56 valence electrons. The Hall–Kier alpha value is -1.71. The van der Waals surface area contributed by atoms with E-state index in [4.69, 9.17) is 5.11 Å². The van der Waals surface area contributed by atoms with Crippen LogP contribution in [0, 0.1) is 0 Å². The summed E-state index contributed by atoms with van der Waals surface area (Å²) in [5.41, 5.74) is 0.220. The number of allylic oxidation sites excluding steroid dienone is 1. The molecule has 0 aromatic carbocycles. The molecule has 0 saturated heterocycles. The molecular weight excluding hydrogens is 144 g/mol. The molecule has 4 heteroatoms. The Labute approximate surface area is 63.2 Å². The molecule has 0 fully saturated rings. The molecule has 1 heterocycles. The quantitative estimate of drug-likeness (QED) is 0.383.